The van der Waals surface area contributed by atoms with Gasteiger partial charge in [-0.15, -0.1) is 0 Å². The second-order valence-electron chi connectivity index (χ2n) is 3.61. The number of anilines is 1. The Morgan fingerprint density at radius 2 is 2.44 bits per heavy atom. The highest BCUT2D eigenvalue weighted by atomic mass is 16.5. The number of aromatic nitrogens is 4. The average molecular weight is 220 g/mol. The summed E-state index contributed by atoms with van der Waals surface area (Å²) in [5.74, 6) is 0.121. The number of nitrogen functional groups attached to an aromatic ring is 1. The first-order valence-corrected chi connectivity index (χ1v) is 4.92. The Morgan fingerprint density at radius 1 is 1.56 bits per heavy atom. The molecule has 2 aromatic rings. The van der Waals surface area contributed by atoms with Crippen LogP contribution in [0.4, 0.5) is 5.82 Å². The van der Waals surface area contributed by atoms with Gasteiger partial charge in [-0.1, -0.05) is 9.97 Å². The maximum Gasteiger partial charge on any atom is 0.344 e. The monoisotopic (exact) mass is 220 g/mol. The van der Waals surface area contributed by atoms with Gasteiger partial charge in [0.1, 0.15) is 0 Å². The number of rotatable bonds is 1. The number of cyclic esters (lactones) is 1. The van der Waals surface area contributed by atoms with E-state index in [1.165, 1.54) is 12.7 Å². The molecule has 1 fully saturated rings. The molecule has 0 radical (unpaired) electrons. The summed E-state index contributed by atoms with van der Waals surface area (Å²) in [4.78, 5) is 22.5. The van der Waals surface area contributed by atoms with Crippen molar-refractivity contribution in [2.24, 2.45) is 0 Å². The zero-order valence-electron chi connectivity index (χ0n) is 8.38. The average Bonchev–Trinajstić information content (AvgIpc) is 2.88. The maximum atomic E-state index is 11.5. The minimum atomic E-state index is -0.348. The van der Waals surface area contributed by atoms with Gasteiger partial charge >= 0.3 is 5.97 Å². The van der Waals surface area contributed by atoms with Crippen LogP contribution in [-0.4, -0.2) is 27.5 Å². The van der Waals surface area contributed by atoms with Crippen LogP contribution in [0, 0.1) is 0 Å². The first-order chi connectivity index (χ1) is 7.77. The quantitative estimate of drug-likeness (QED) is 0.490. The first-order valence-electron chi connectivity index (χ1n) is 4.92. The zero-order valence-corrected chi connectivity index (χ0v) is 8.38. The molecule has 0 unspecified atom stereocenters. The number of carbonyl (C=O) groups excluding carboxylic acids is 1. The van der Waals surface area contributed by atoms with Crippen molar-refractivity contribution < 1.29 is 14.1 Å². The lowest BCUT2D eigenvalue weighted by atomic mass is 10.2. The van der Waals surface area contributed by atoms with E-state index in [2.05, 4.69) is 15.0 Å². The summed E-state index contributed by atoms with van der Waals surface area (Å²) in [6, 6.07) is -0.348. The largest absolute Gasteiger partial charge is 0.463 e. The SMILES string of the molecule is Nc1nc[n+]([C@@H]2CCOC2=O)c2nc[nH]c12. The number of nitrogens with one attached hydrogen (secondary N) is 1. The molecule has 2 aromatic heterocycles. The molecule has 1 atom stereocenters. The lowest BCUT2D eigenvalue weighted by Crippen LogP contribution is -2.43. The van der Waals surface area contributed by atoms with Crippen molar-refractivity contribution in [3.8, 4) is 0 Å². The molecule has 7 nitrogen and oxygen atoms in total. The number of hydrogen-bond acceptors (Lipinski definition) is 5. The molecule has 3 rings (SSSR count). The third kappa shape index (κ3) is 1.14. The maximum absolute atomic E-state index is 11.5. The van der Waals surface area contributed by atoms with Crippen molar-refractivity contribution in [1.82, 2.24) is 15.0 Å². The van der Waals surface area contributed by atoms with Crippen molar-refractivity contribution in [1.29, 1.82) is 0 Å². The third-order valence-corrected chi connectivity index (χ3v) is 2.68. The summed E-state index contributed by atoms with van der Waals surface area (Å²) in [5, 5.41) is 0. The van der Waals surface area contributed by atoms with Crippen molar-refractivity contribution in [2.45, 2.75) is 12.5 Å². The number of imidazole rings is 1. The van der Waals surface area contributed by atoms with Gasteiger partial charge in [0.05, 0.1) is 6.61 Å². The molecule has 0 amide bonds. The van der Waals surface area contributed by atoms with Crippen LogP contribution in [0.3, 0.4) is 0 Å². The fourth-order valence-electron chi connectivity index (χ4n) is 1.88. The molecule has 1 saturated heterocycles. The highest BCUT2D eigenvalue weighted by Gasteiger charge is 2.33. The van der Waals surface area contributed by atoms with E-state index >= 15 is 0 Å². The van der Waals surface area contributed by atoms with E-state index in [0.717, 1.165) is 0 Å². The molecule has 3 heterocycles. The fourth-order valence-corrected chi connectivity index (χ4v) is 1.88. The Bertz CT molecular complexity index is 564. The van der Waals surface area contributed by atoms with Crippen LogP contribution in [-0.2, 0) is 9.53 Å². The Balaban J connectivity index is 2.20. The van der Waals surface area contributed by atoms with Gasteiger partial charge in [-0.25, -0.2) is 9.36 Å². The highest BCUT2D eigenvalue weighted by Crippen LogP contribution is 2.17. The molecule has 16 heavy (non-hydrogen) atoms. The van der Waals surface area contributed by atoms with Crippen LogP contribution in [0.1, 0.15) is 12.5 Å². The summed E-state index contributed by atoms with van der Waals surface area (Å²) in [6.45, 7) is 0.437. The molecule has 0 saturated carbocycles. The predicted octanol–water partition coefficient (Wildman–Crippen LogP) is -0.684. The fraction of sp³-hybridized carbons (Fsp3) is 0.333. The number of carbonyl (C=O) groups is 1. The van der Waals surface area contributed by atoms with Crippen LogP contribution in [0.25, 0.3) is 11.2 Å². The Labute approximate surface area is 90.3 Å². The van der Waals surface area contributed by atoms with Crippen molar-refractivity contribution >= 4 is 23.0 Å². The summed E-state index contributed by atoms with van der Waals surface area (Å²) in [6.07, 6.45) is 3.69. The van der Waals surface area contributed by atoms with Gasteiger partial charge in [0.25, 0.3) is 5.65 Å². The van der Waals surface area contributed by atoms with E-state index in [-0.39, 0.29) is 12.0 Å². The van der Waals surface area contributed by atoms with Crippen LogP contribution < -0.4 is 10.3 Å². The van der Waals surface area contributed by atoms with Crippen LogP contribution >= 0.6 is 0 Å². The number of fused-ring (bicyclic) bond motifs is 1. The molecular weight excluding hydrogens is 210 g/mol. The lowest BCUT2D eigenvalue weighted by Gasteiger charge is -2.04. The number of ether oxygens (including phenoxy) is 1. The van der Waals surface area contributed by atoms with Crippen LogP contribution in [0.2, 0.25) is 0 Å². The van der Waals surface area contributed by atoms with E-state index in [4.69, 9.17) is 10.5 Å². The van der Waals surface area contributed by atoms with Crippen molar-refractivity contribution in [2.75, 3.05) is 12.3 Å². The number of aromatic amines is 1. The Kier molecular flexibility index (Phi) is 1.79. The molecule has 0 aromatic carbocycles. The molecule has 1 aliphatic heterocycles. The van der Waals surface area contributed by atoms with E-state index in [1.807, 2.05) is 0 Å². The number of nitrogens with two attached hydrogens (primary N) is 1. The van der Waals surface area contributed by atoms with E-state index in [0.29, 0.717) is 30.0 Å². The van der Waals surface area contributed by atoms with E-state index in [1.54, 1.807) is 4.57 Å². The lowest BCUT2D eigenvalue weighted by molar-refractivity contribution is -0.687. The van der Waals surface area contributed by atoms with Gasteiger partial charge < -0.3 is 15.5 Å². The summed E-state index contributed by atoms with van der Waals surface area (Å²) >= 11 is 0. The standard InChI is InChI=1S/C9H9N5O2/c10-7-6-8(12-3-11-6)14(4-13-7)5-1-2-16-9(5)15/h3-5H,1-2H2,(H2,10,11,12)/p+1/t5-/m1/s1. The van der Waals surface area contributed by atoms with Crippen LogP contribution in [0.5, 0.6) is 0 Å². The molecule has 0 aliphatic carbocycles. The Morgan fingerprint density at radius 3 is 3.19 bits per heavy atom. The predicted molar refractivity (Wildman–Crippen MR) is 53.1 cm³/mol. The number of esters is 1. The molecule has 0 bridgehead atoms. The molecule has 0 spiro atoms. The molecular formula is C9H10N5O2+. The second kappa shape index (κ2) is 3.16. The van der Waals surface area contributed by atoms with Gasteiger partial charge in [-0.05, 0) is 0 Å². The molecule has 7 heteroatoms. The minimum Gasteiger partial charge on any atom is -0.463 e. The van der Waals surface area contributed by atoms with E-state index < -0.39 is 0 Å². The third-order valence-electron chi connectivity index (χ3n) is 2.68. The first kappa shape index (κ1) is 9.08. The zero-order chi connectivity index (χ0) is 11.1. The normalized spacial score (nSPS) is 20.2. The summed E-state index contributed by atoms with van der Waals surface area (Å²) < 4.78 is 6.61. The van der Waals surface area contributed by atoms with Crippen molar-refractivity contribution in [3.63, 3.8) is 0 Å². The minimum absolute atomic E-state index is 0.249. The Hall–Kier alpha value is -2.18. The van der Waals surface area contributed by atoms with Gasteiger partial charge in [0.15, 0.2) is 17.9 Å². The van der Waals surface area contributed by atoms with Gasteiger partial charge in [0, 0.05) is 6.42 Å². The smallest absolute Gasteiger partial charge is 0.344 e. The highest BCUT2D eigenvalue weighted by molar-refractivity contribution is 5.79. The molecule has 82 valence electrons. The molecule has 3 N–H and O–H groups in total. The van der Waals surface area contributed by atoms with Crippen molar-refractivity contribution in [3.05, 3.63) is 12.7 Å². The van der Waals surface area contributed by atoms with E-state index in [9.17, 15) is 4.79 Å². The summed E-state index contributed by atoms with van der Waals surface area (Å²) in [7, 11) is 0. The van der Waals surface area contributed by atoms with Gasteiger partial charge in [0.2, 0.25) is 12.1 Å². The second-order valence-corrected chi connectivity index (χ2v) is 3.61. The summed E-state index contributed by atoms with van der Waals surface area (Å²) in [5.41, 5.74) is 6.95. The number of hydrogen-bond donors (Lipinski definition) is 2. The number of nitrogens with zero attached hydrogens (tertiary/aromatic N) is 3. The van der Waals surface area contributed by atoms with Gasteiger partial charge in [-0.3, -0.25) is 0 Å². The number of H-pyrrole nitrogens is 1. The van der Waals surface area contributed by atoms with Crippen LogP contribution in [0.15, 0.2) is 12.7 Å². The molecule has 1 aliphatic rings. The topological polar surface area (TPSA) is 97.8 Å². The van der Waals surface area contributed by atoms with Gasteiger partial charge in [-0.2, -0.15) is 0 Å².